The molecule has 1 spiro atoms. The van der Waals surface area contributed by atoms with Crippen LogP contribution in [0.15, 0.2) is 28.8 Å². The van der Waals surface area contributed by atoms with Gasteiger partial charge in [-0.1, -0.05) is 5.16 Å². The van der Waals surface area contributed by atoms with Crippen molar-refractivity contribution in [1.29, 1.82) is 5.26 Å². The fourth-order valence-electron chi connectivity index (χ4n) is 5.05. The molecule has 2 fully saturated rings. The molecule has 2 aromatic rings. The number of rotatable bonds is 3. The number of hydrogen-bond donors (Lipinski definition) is 1. The number of anilines is 1. The monoisotopic (exact) mass is 475 g/mol. The van der Waals surface area contributed by atoms with Gasteiger partial charge < -0.3 is 19.6 Å². The Balaban J connectivity index is 1.57. The third-order valence-electron chi connectivity index (χ3n) is 6.90. The Labute approximate surface area is 194 Å². The van der Waals surface area contributed by atoms with Crippen LogP contribution in [-0.2, 0) is 11.0 Å². The summed E-state index contributed by atoms with van der Waals surface area (Å²) in [7, 11) is 1.54. The summed E-state index contributed by atoms with van der Waals surface area (Å²) in [5, 5.41) is 15.5. The SMILES string of the molecule is CNC(=O)C1CN(c2ccc(C#N)c(C(F)(F)F)c2)CC12CCN(C(=O)c1cc(C)on1)CC2. The number of nitrogens with one attached hydrogen (secondary N) is 1. The van der Waals surface area contributed by atoms with Gasteiger partial charge in [0.2, 0.25) is 5.91 Å². The van der Waals surface area contributed by atoms with Crippen molar-refractivity contribution in [3.05, 3.63) is 46.8 Å². The molecule has 0 radical (unpaired) electrons. The molecule has 1 unspecified atom stereocenters. The van der Waals surface area contributed by atoms with E-state index in [0.717, 1.165) is 6.07 Å². The summed E-state index contributed by atoms with van der Waals surface area (Å²) in [6.45, 7) is 3.11. The molecule has 2 aliphatic rings. The quantitative estimate of drug-likeness (QED) is 0.732. The van der Waals surface area contributed by atoms with Gasteiger partial charge in [0.05, 0.1) is 23.1 Å². The van der Waals surface area contributed by atoms with Gasteiger partial charge in [-0.25, -0.2) is 0 Å². The van der Waals surface area contributed by atoms with Crippen molar-refractivity contribution in [3.63, 3.8) is 0 Å². The zero-order valence-corrected chi connectivity index (χ0v) is 18.8. The van der Waals surface area contributed by atoms with E-state index in [9.17, 15) is 22.8 Å². The standard InChI is InChI=1S/C23H24F3N5O3/c1-14-9-19(29-34-14)21(33)30-7-5-22(6-8-30)13-31(12-18(22)20(32)28-2)16-4-3-15(11-27)17(10-16)23(24,25)26/h3-4,9-10,18H,5-8,12-13H2,1-2H3,(H,28,32). The summed E-state index contributed by atoms with van der Waals surface area (Å²) in [5.41, 5.74) is -1.39. The third-order valence-corrected chi connectivity index (χ3v) is 6.90. The average Bonchev–Trinajstić information content (AvgIpc) is 3.41. The lowest BCUT2D eigenvalue weighted by molar-refractivity contribution is -0.137. The van der Waals surface area contributed by atoms with Crippen molar-refractivity contribution >= 4 is 17.5 Å². The van der Waals surface area contributed by atoms with Gasteiger partial charge in [-0.15, -0.1) is 0 Å². The number of carbonyl (C=O) groups excluding carboxylic acids is 2. The van der Waals surface area contributed by atoms with E-state index in [0.29, 0.717) is 43.9 Å². The Morgan fingerprint density at radius 3 is 2.53 bits per heavy atom. The molecule has 3 heterocycles. The molecule has 0 aliphatic carbocycles. The fourth-order valence-corrected chi connectivity index (χ4v) is 5.05. The molecule has 4 rings (SSSR count). The van der Waals surface area contributed by atoms with Gasteiger partial charge in [-0.3, -0.25) is 9.59 Å². The fraction of sp³-hybridized carbons (Fsp3) is 0.478. The van der Waals surface area contributed by atoms with Gasteiger partial charge >= 0.3 is 6.18 Å². The minimum absolute atomic E-state index is 0.181. The lowest BCUT2D eigenvalue weighted by Crippen LogP contribution is -2.49. The first-order valence-corrected chi connectivity index (χ1v) is 10.9. The summed E-state index contributed by atoms with van der Waals surface area (Å²) < 4.78 is 45.5. The van der Waals surface area contributed by atoms with Gasteiger partial charge in [0.15, 0.2) is 5.69 Å². The minimum Gasteiger partial charge on any atom is -0.370 e. The molecule has 1 atom stereocenters. The summed E-state index contributed by atoms with van der Waals surface area (Å²) >= 11 is 0. The van der Waals surface area contributed by atoms with Gasteiger partial charge in [-0.2, -0.15) is 18.4 Å². The van der Waals surface area contributed by atoms with Crippen molar-refractivity contribution in [2.24, 2.45) is 11.3 Å². The van der Waals surface area contributed by atoms with Crippen LogP contribution in [0.3, 0.4) is 0 Å². The Morgan fingerprint density at radius 1 is 1.26 bits per heavy atom. The van der Waals surface area contributed by atoms with Gasteiger partial charge in [-0.05, 0) is 38.0 Å². The Kier molecular flexibility index (Phi) is 6.02. The molecule has 2 amide bonds. The molecule has 8 nitrogen and oxygen atoms in total. The van der Waals surface area contributed by atoms with E-state index in [4.69, 9.17) is 9.78 Å². The third kappa shape index (κ3) is 4.20. The summed E-state index contributed by atoms with van der Waals surface area (Å²) in [4.78, 5) is 28.9. The summed E-state index contributed by atoms with van der Waals surface area (Å²) in [6, 6.07) is 6.79. The van der Waals surface area contributed by atoms with E-state index < -0.39 is 28.6 Å². The first-order chi connectivity index (χ1) is 16.1. The maximum Gasteiger partial charge on any atom is 0.417 e. The topological polar surface area (TPSA) is 102 Å². The molecule has 0 bridgehead atoms. The Morgan fingerprint density at radius 2 is 1.97 bits per heavy atom. The summed E-state index contributed by atoms with van der Waals surface area (Å²) in [5.74, 6) is -0.350. The lowest BCUT2D eigenvalue weighted by atomic mass is 9.70. The molecule has 34 heavy (non-hydrogen) atoms. The first kappa shape index (κ1) is 23.6. The van der Waals surface area contributed by atoms with E-state index in [2.05, 4.69) is 10.5 Å². The van der Waals surface area contributed by atoms with Crippen LogP contribution in [0.5, 0.6) is 0 Å². The maximum absolute atomic E-state index is 13.5. The smallest absolute Gasteiger partial charge is 0.370 e. The number of aromatic nitrogens is 1. The van der Waals surface area contributed by atoms with Gasteiger partial charge in [0.1, 0.15) is 5.76 Å². The molecule has 1 N–H and O–H groups in total. The highest BCUT2D eigenvalue weighted by Gasteiger charge is 2.51. The number of alkyl halides is 3. The van der Waals surface area contributed by atoms with Crippen molar-refractivity contribution in [2.75, 3.05) is 38.1 Å². The van der Waals surface area contributed by atoms with E-state index in [1.807, 2.05) is 0 Å². The predicted octanol–water partition coefficient (Wildman–Crippen LogP) is 2.98. The Bertz CT molecular complexity index is 1150. The second-order valence-electron chi connectivity index (χ2n) is 8.86. The van der Waals surface area contributed by atoms with Crippen LogP contribution < -0.4 is 10.2 Å². The molecule has 2 aliphatic heterocycles. The molecule has 180 valence electrons. The molecule has 11 heteroatoms. The number of benzene rings is 1. The number of nitrogens with zero attached hydrogens (tertiary/aromatic N) is 4. The zero-order chi connectivity index (χ0) is 24.7. The van der Waals surface area contributed by atoms with Crippen molar-refractivity contribution in [2.45, 2.75) is 25.9 Å². The number of hydrogen-bond acceptors (Lipinski definition) is 6. The summed E-state index contributed by atoms with van der Waals surface area (Å²) in [6.07, 6.45) is -3.62. The molecular weight excluding hydrogens is 451 g/mol. The van der Waals surface area contributed by atoms with Gasteiger partial charge in [0.25, 0.3) is 5.91 Å². The van der Waals surface area contributed by atoms with Crippen molar-refractivity contribution < 1.29 is 27.3 Å². The second kappa shape index (κ2) is 8.66. The molecular formula is C23H24F3N5O3. The normalized spacial score (nSPS) is 19.8. The van der Waals surface area contributed by atoms with Crippen LogP contribution in [0.4, 0.5) is 18.9 Å². The van der Waals surface area contributed by atoms with Crippen LogP contribution >= 0.6 is 0 Å². The van der Waals surface area contributed by atoms with E-state index in [1.165, 1.54) is 19.2 Å². The molecule has 1 aromatic heterocycles. The van der Waals surface area contributed by atoms with Crippen LogP contribution in [0.1, 0.15) is 40.2 Å². The first-order valence-electron chi connectivity index (χ1n) is 10.9. The number of aryl methyl sites for hydroxylation is 1. The van der Waals surface area contributed by atoms with Crippen LogP contribution in [0.25, 0.3) is 0 Å². The highest BCUT2D eigenvalue weighted by atomic mass is 19.4. The molecule has 2 saturated heterocycles. The highest BCUT2D eigenvalue weighted by Crippen LogP contribution is 2.47. The zero-order valence-electron chi connectivity index (χ0n) is 18.8. The van der Waals surface area contributed by atoms with Crippen LogP contribution in [0, 0.1) is 29.6 Å². The van der Waals surface area contributed by atoms with Gasteiger partial charge in [0, 0.05) is 50.4 Å². The highest BCUT2D eigenvalue weighted by molar-refractivity contribution is 5.92. The number of amides is 2. The van der Waals surface area contributed by atoms with E-state index >= 15 is 0 Å². The number of likely N-dealkylation sites (tertiary alicyclic amines) is 1. The number of halogens is 3. The number of piperidine rings is 1. The molecule has 1 aromatic carbocycles. The van der Waals surface area contributed by atoms with Crippen LogP contribution in [0.2, 0.25) is 0 Å². The van der Waals surface area contributed by atoms with E-state index in [1.54, 1.807) is 28.9 Å². The predicted molar refractivity (Wildman–Crippen MR) is 115 cm³/mol. The van der Waals surface area contributed by atoms with Crippen molar-refractivity contribution in [1.82, 2.24) is 15.4 Å². The van der Waals surface area contributed by atoms with E-state index in [-0.39, 0.29) is 24.1 Å². The number of carbonyl (C=O) groups is 2. The Hall–Kier alpha value is -3.55. The van der Waals surface area contributed by atoms with Crippen LogP contribution in [-0.4, -0.2) is 55.1 Å². The largest absolute Gasteiger partial charge is 0.417 e. The van der Waals surface area contributed by atoms with Crippen molar-refractivity contribution in [3.8, 4) is 6.07 Å². The molecule has 0 saturated carbocycles. The minimum atomic E-state index is -4.66. The average molecular weight is 475 g/mol. The number of nitriles is 1. The maximum atomic E-state index is 13.5. The lowest BCUT2D eigenvalue weighted by Gasteiger charge is -2.41. The second-order valence-corrected chi connectivity index (χ2v) is 8.86.